The Morgan fingerprint density at radius 2 is 1.97 bits per heavy atom. The van der Waals surface area contributed by atoms with E-state index in [0.717, 1.165) is 44.6 Å². The molecular formula is C24H29N5OS. The number of aryl methyl sites for hydroxylation is 2. The summed E-state index contributed by atoms with van der Waals surface area (Å²) in [4.78, 5) is 25.4. The molecular weight excluding hydrogens is 406 g/mol. The van der Waals surface area contributed by atoms with Gasteiger partial charge in [-0.05, 0) is 55.7 Å². The summed E-state index contributed by atoms with van der Waals surface area (Å²) >= 11 is 1.85. The minimum absolute atomic E-state index is 0.161. The number of hydrogen-bond acceptors (Lipinski definition) is 5. The average molecular weight is 436 g/mol. The molecule has 2 atom stereocenters. The van der Waals surface area contributed by atoms with Gasteiger partial charge in [-0.2, -0.15) is 5.10 Å². The zero-order chi connectivity index (χ0) is 21.4. The van der Waals surface area contributed by atoms with Crippen LogP contribution in [0.5, 0.6) is 0 Å². The van der Waals surface area contributed by atoms with E-state index in [9.17, 15) is 4.79 Å². The number of aromatic nitrogens is 3. The molecule has 2 aliphatic heterocycles. The third-order valence-corrected chi connectivity index (χ3v) is 7.88. The maximum atomic E-state index is 14.0. The van der Waals surface area contributed by atoms with Crippen molar-refractivity contribution in [3.8, 4) is 0 Å². The van der Waals surface area contributed by atoms with E-state index in [-0.39, 0.29) is 11.3 Å². The molecule has 3 aromatic rings. The summed E-state index contributed by atoms with van der Waals surface area (Å²) in [7, 11) is 2.00. The normalized spacial score (nSPS) is 24.4. The average Bonchev–Trinajstić information content (AvgIpc) is 3.46. The van der Waals surface area contributed by atoms with Gasteiger partial charge >= 0.3 is 0 Å². The maximum Gasteiger partial charge on any atom is 0.231 e. The van der Waals surface area contributed by atoms with Gasteiger partial charge in [0.15, 0.2) is 0 Å². The molecule has 1 spiro atoms. The summed E-state index contributed by atoms with van der Waals surface area (Å²) < 4.78 is 1.96. The van der Waals surface area contributed by atoms with Gasteiger partial charge in [0.1, 0.15) is 0 Å². The molecule has 3 aromatic heterocycles. The van der Waals surface area contributed by atoms with E-state index in [1.807, 2.05) is 41.4 Å². The lowest BCUT2D eigenvalue weighted by Gasteiger charge is -2.42. The van der Waals surface area contributed by atoms with Crippen molar-refractivity contribution in [2.45, 2.75) is 38.8 Å². The fourth-order valence-electron chi connectivity index (χ4n) is 5.46. The first-order chi connectivity index (χ1) is 15.0. The smallest absolute Gasteiger partial charge is 0.231 e. The number of pyridine rings is 1. The van der Waals surface area contributed by atoms with Crippen molar-refractivity contribution in [2.75, 3.05) is 19.6 Å². The highest BCUT2D eigenvalue weighted by atomic mass is 32.1. The second-order valence-corrected chi connectivity index (χ2v) is 10.3. The van der Waals surface area contributed by atoms with Gasteiger partial charge in [-0.3, -0.25) is 19.4 Å². The molecule has 0 bridgehead atoms. The fraction of sp³-hybridized carbons (Fsp3) is 0.458. The number of rotatable bonds is 5. The molecule has 2 saturated heterocycles. The second kappa shape index (κ2) is 8.20. The second-order valence-electron chi connectivity index (χ2n) is 8.96. The van der Waals surface area contributed by atoms with Crippen LogP contribution in [0.2, 0.25) is 0 Å². The van der Waals surface area contributed by atoms with Crippen LogP contribution < -0.4 is 0 Å². The van der Waals surface area contributed by atoms with Crippen molar-refractivity contribution >= 4 is 17.2 Å². The number of thiophene rings is 1. The van der Waals surface area contributed by atoms with Crippen LogP contribution in [0.3, 0.4) is 0 Å². The van der Waals surface area contributed by atoms with E-state index in [0.29, 0.717) is 12.5 Å². The molecule has 7 heteroatoms. The Hall–Kier alpha value is -2.51. The Labute approximate surface area is 187 Å². The number of nitrogens with zero attached hydrogens (tertiary/aromatic N) is 5. The van der Waals surface area contributed by atoms with Crippen LogP contribution in [0.25, 0.3) is 0 Å². The molecule has 5 rings (SSSR count). The lowest BCUT2D eigenvalue weighted by Crippen LogP contribution is -2.52. The first-order valence-electron chi connectivity index (χ1n) is 11.0. The monoisotopic (exact) mass is 435 g/mol. The highest BCUT2D eigenvalue weighted by molar-refractivity contribution is 7.11. The number of piperidine rings is 1. The molecule has 0 radical (unpaired) electrons. The zero-order valence-electron chi connectivity index (χ0n) is 18.2. The van der Waals surface area contributed by atoms with Crippen molar-refractivity contribution in [1.82, 2.24) is 24.6 Å². The number of likely N-dealkylation sites (tertiary alicyclic amines) is 2. The Bertz CT molecular complexity index is 1060. The van der Waals surface area contributed by atoms with Crippen LogP contribution in [0.1, 0.15) is 39.8 Å². The van der Waals surface area contributed by atoms with Gasteiger partial charge in [-0.15, -0.1) is 11.3 Å². The molecule has 0 N–H and O–H groups in total. The Kier molecular flexibility index (Phi) is 5.40. The van der Waals surface area contributed by atoms with E-state index < -0.39 is 0 Å². The molecule has 31 heavy (non-hydrogen) atoms. The van der Waals surface area contributed by atoms with E-state index in [2.05, 4.69) is 45.0 Å². The van der Waals surface area contributed by atoms with E-state index >= 15 is 0 Å². The molecule has 1 amide bonds. The molecule has 162 valence electrons. The fourth-order valence-corrected chi connectivity index (χ4v) is 6.39. The summed E-state index contributed by atoms with van der Waals surface area (Å²) in [5, 5.41) is 4.43. The Balaban J connectivity index is 1.45. The van der Waals surface area contributed by atoms with E-state index in [4.69, 9.17) is 0 Å². The summed E-state index contributed by atoms with van der Waals surface area (Å²) in [6.07, 6.45) is 7.44. The standard InChI is InChI=1S/C24H29N5OS/c1-18-4-5-20(31-18)15-28-16-21(22-8-12-26-27(22)2)24(17-28)9-3-13-29(23(24)30)14-19-6-10-25-11-7-19/h4-8,10-12,21H,3,9,13-17H2,1-2H3/t21-,24+/m0/s1. The molecule has 0 aliphatic carbocycles. The van der Waals surface area contributed by atoms with Crippen LogP contribution in [0, 0.1) is 12.3 Å². The Morgan fingerprint density at radius 1 is 1.13 bits per heavy atom. The first-order valence-corrected chi connectivity index (χ1v) is 11.8. The molecule has 6 nitrogen and oxygen atoms in total. The van der Waals surface area contributed by atoms with Gasteiger partial charge in [0, 0.05) is 79.7 Å². The number of carbonyl (C=O) groups is 1. The van der Waals surface area contributed by atoms with Crippen LogP contribution in [-0.2, 0) is 24.9 Å². The molecule has 0 saturated carbocycles. The van der Waals surface area contributed by atoms with Gasteiger partial charge in [0.05, 0.1) is 5.41 Å². The van der Waals surface area contributed by atoms with Gasteiger partial charge < -0.3 is 4.90 Å². The molecule has 2 aliphatic rings. The minimum atomic E-state index is -0.384. The van der Waals surface area contributed by atoms with Crippen LogP contribution in [0.15, 0.2) is 48.9 Å². The summed E-state index contributed by atoms with van der Waals surface area (Å²) in [5.74, 6) is 0.459. The van der Waals surface area contributed by atoms with E-state index in [1.54, 1.807) is 12.4 Å². The number of amides is 1. The van der Waals surface area contributed by atoms with Crippen LogP contribution in [-0.4, -0.2) is 50.1 Å². The number of hydrogen-bond donors (Lipinski definition) is 0. The van der Waals surface area contributed by atoms with E-state index in [1.165, 1.54) is 15.4 Å². The molecule has 2 fully saturated rings. The first kappa shape index (κ1) is 20.4. The minimum Gasteiger partial charge on any atom is -0.338 e. The zero-order valence-corrected chi connectivity index (χ0v) is 19.0. The van der Waals surface area contributed by atoms with Crippen LogP contribution in [0.4, 0.5) is 0 Å². The van der Waals surface area contributed by atoms with Crippen molar-refractivity contribution in [3.63, 3.8) is 0 Å². The van der Waals surface area contributed by atoms with Crippen molar-refractivity contribution in [2.24, 2.45) is 12.5 Å². The Morgan fingerprint density at radius 3 is 2.68 bits per heavy atom. The van der Waals surface area contributed by atoms with Gasteiger partial charge in [-0.25, -0.2) is 0 Å². The quantitative estimate of drug-likeness (QED) is 0.615. The third-order valence-electron chi connectivity index (χ3n) is 6.89. The predicted octanol–water partition coefficient (Wildman–Crippen LogP) is 3.59. The maximum absolute atomic E-state index is 14.0. The molecule has 5 heterocycles. The lowest BCUT2D eigenvalue weighted by molar-refractivity contribution is -0.147. The van der Waals surface area contributed by atoms with Gasteiger partial charge in [0.2, 0.25) is 5.91 Å². The molecule has 0 aromatic carbocycles. The summed E-state index contributed by atoms with van der Waals surface area (Å²) in [6.45, 7) is 6.25. The largest absolute Gasteiger partial charge is 0.338 e. The van der Waals surface area contributed by atoms with Crippen molar-refractivity contribution in [1.29, 1.82) is 0 Å². The SMILES string of the molecule is Cc1ccc(CN2C[C@@H](c3ccnn3C)[C@@]3(CCCN(Cc4ccncc4)C3=O)C2)s1. The van der Waals surface area contributed by atoms with Gasteiger partial charge in [-0.1, -0.05) is 0 Å². The third kappa shape index (κ3) is 3.81. The highest BCUT2D eigenvalue weighted by Crippen LogP contribution is 2.50. The lowest BCUT2D eigenvalue weighted by atomic mass is 9.70. The molecule has 0 unspecified atom stereocenters. The van der Waals surface area contributed by atoms with Crippen molar-refractivity contribution in [3.05, 3.63) is 69.9 Å². The number of carbonyl (C=O) groups excluding carboxylic acids is 1. The predicted molar refractivity (Wildman–Crippen MR) is 122 cm³/mol. The summed E-state index contributed by atoms with van der Waals surface area (Å²) in [6, 6.07) is 10.5. The summed E-state index contributed by atoms with van der Waals surface area (Å²) in [5.41, 5.74) is 1.93. The van der Waals surface area contributed by atoms with Gasteiger partial charge in [0.25, 0.3) is 0 Å². The van der Waals surface area contributed by atoms with Crippen molar-refractivity contribution < 1.29 is 4.79 Å². The highest BCUT2D eigenvalue weighted by Gasteiger charge is 2.55. The topological polar surface area (TPSA) is 54.3 Å². The van der Waals surface area contributed by atoms with Crippen LogP contribution >= 0.6 is 11.3 Å².